The second kappa shape index (κ2) is 5.18. The Morgan fingerprint density at radius 2 is 2.38 bits per heavy atom. The van der Waals surface area contributed by atoms with Gasteiger partial charge in [0.15, 0.2) is 11.0 Å². The van der Waals surface area contributed by atoms with Gasteiger partial charge in [0.2, 0.25) is 5.91 Å². The summed E-state index contributed by atoms with van der Waals surface area (Å²) in [6, 6.07) is -0.213. The molecule has 8 heteroatoms. The SMILES string of the molecule is O=C(Nc1ncnc(Cl)c1Cl)C1CSCN1. The molecule has 1 aromatic rings. The summed E-state index contributed by atoms with van der Waals surface area (Å²) in [6.45, 7) is 0. The molecule has 0 aliphatic carbocycles. The lowest BCUT2D eigenvalue weighted by molar-refractivity contribution is -0.117. The van der Waals surface area contributed by atoms with Gasteiger partial charge < -0.3 is 5.32 Å². The van der Waals surface area contributed by atoms with Crippen molar-refractivity contribution in [1.29, 1.82) is 0 Å². The Kier molecular flexibility index (Phi) is 3.86. The molecule has 2 rings (SSSR count). The van der Waals surface area contributed by atoms with Crippen LogP contribution in [0.1, 0.15) is 0 Å². The number of thioether (sulfide) groups is 1. The van der Waals surface area contributed by atoms with Crippen molar-refractivity contribution in [2.24, 2.45) is 0 Å². The van der Waals surface area contributed by atoms with E-state index in [0.717, 1.165) is 11.6 Å². The topological polar surface area (TPSA) is 66.9 Å². The van der Waals surface area contributed by atoms with E-state index >= 15 is 0 Å². The number of hydrogen-bond donors (Lipinski definition) is 2. The third-order valence-corrected chi connectivity index (χ3v) is 3.70. The van der Waals surface area contributed by atoms with Gasteiger partial charge in [-0.15, -0.1) is 11.8 Å². The summed E-state index contributed by atoms with van der Waals surface area (Å²) in [5, 5.41) is 5.93. The molecule has 0 bridgehead atoms. The van der Waals surface area contributed by atoms with Crippen molar-refractivity contribution in [2.75, 3.05) is 16.9 Å². The summed E-state index contributed by atoms with van der Waals surface area (Å²) in [4.78, 5) is 19.3. The minimum Gasteiger partial charge on any atom is -0.308 e. The van der Waals surface area contributed by atoms with Crippen LogP contribution in [0.5, 0.6) is 0 Å². The summed E-state index contributed by atoms with van der Waals surface area (Å²) in [5.74, 6) is 1.59. The molecule has 1 aromatic heterocycles. The number of halogens is 2. The minimum absolute atomic E-state index is 0.126. The van der Waals surface area contributed by atoms with E-state index in [4.69, 9.17) is 23.2 Å². The monoisotopic (exact) mass is 278 g/mol. The Hall–Kier alpha value is -0.560. The van der Waals surface area contributed by atoms with Crippen LogP contribution in [0.3, 0.4) is 0 Å². The van der Waals surface area contributed by atoms with Crippen LogP contribution < -0.4 is 10.6 Å². The molecule has 86 valence electrons. The van der Waals surface area contributed by atoms with Crippen LogP contribution >= 0.6 is 35.0 Å². The lowest BCUT2D eigenvalue weighted by atomic mass is 10.3. The van der Waals surface area contributed by atoms with Gasteiger partial charge in [0.1, 0.15) is 11.3 Å². The maximum Gasteiger partial charge on any atom is 0.243 e. The highest BCUT2D eigenvalue weighted by atomic mass is 35.5. The van der Waals surface area contributed by atoms with E-state index in [-0.39, 0.29) is 27.9 Å². The van der Waals surface area contributed by atoms with Crippen molar-refractivity contribution >= 4 is 46.7 Å². The fourth-order valence-corrected chi connectivity index (χ4v) is 2.42. The summed E-state index contributed by atoms with van der Waals surface area (Å²) in [7, 11) is 0. The van der Waals surface area contributed by atoms with E-state index in [2.05, 4.69) is 20.6 Å². The van der Waals surface area contributed by atoms with E-state index in [1.807, 2.05) is 0 Å². The minimum atomic E-state index is -0.213. The predicted octanol–water partition coefficient (Wildman–Crippen LogP) is 1.38. The van der Waals surface area contributed by atoms with Crippen molar-refractivity contribution in [3.63, 3.8) is 0 Å². The summed E-state index contributed by atoms with van der Waals surface area (Å²) in [6.07, 6.45) is 1.25. The first-order chi connectivity index (χ1) is 7.68. The van der Waals surface area contributed by atoms with Crippen molar-refractivity contribution < 1.29 is 4.79 Å². The second-order valence-electron chi connectivity index (χ2n) is 3.09. The predicted molar refractivity (Wildman–Crippen MR) is 64.9 cm³/mol. The molecule has 1 unspecified atom stereocenters. The highest BCUT2D eigenvalue weighted by molar-refractivity contribution is 7.99. The van der Waals surface area contributed by atoms with Crippen LogP contribution in [0.4, 0.5) is 5.82 Å². The zero-order chi connectivity index (χ0) is 11.5. The number of nitrogens with one attached hydrogen (secondary N) is 2. The van der Waals surface area contributed by atoms with Gasteiger partial charge in [-0.2, -0.15) is 0 Å². The molecule has 16 heavy (non-hydrogen) atoms. The number of aromatic nitrogens is 2. The molecule has 1 amide bonds. The summed E-state index contributed by atoms with van der Waals surface area (Å²) < 4.78 is 0. The number of anilines is 1. The molecular weight excluding hydrogens is 271 g/mol. The Balaban J connectivity index is 2.08. The first kappa shape index (κ1) is 11.9. The summed E-state index contributed by atoms with van der Waals surface area (Å²) >= 11 is 13.2. The Morgan fingerprint density at radius 1 is 1.56 bits per heavy atom. The van der Waals surface area contributed by atoms with Gasteiger partial charge in [-0.3, -0.25) is 10.1 Å². The number of carbonyl (C=O) groups excluding carboxylic acids is 1. The first-order valence-corrected chi connectivity index (χ1v) is 6.37. The molecule has 1 fully saturated rings. The maximum absolute atomic E-state index is 11.7. The van der Waals surface area contributed by atoms with Crippen molar-refractivity contribution in [1.82, 2.24) is 15.3 Å². The summed E-state index contributed by atoms with van der Waals surface area (Å²) in [5.41, 5.74) is 0. The quantitative estimate of drug-likeness (QED) is 0.801. The average molecular weight is 279 g/mol. The first-order valence-electron chi connectivity index (χ1n) is 4.46. The Labute approximate surface area is 106 Å². The largest absolute Gasteiger partial charge is 0.308 e. The molecule has 5 nitrogen and oxygen atoms in total. The van der Waals surface area contributed by atoms with Crippen molar-refractivity contribution in [2.45, 2.75) is 6.04 Å². The zero-order valence-corrected chi connectivity index (χ0v) is 10.4. The van der Waals surface area contributed by atoms with E-state index in [1.54, 1.807) is 11.8 Å². The van der Waals surface area contributed by atoms with Gasteiger partial charge in [0.05, 0.1) is 6.04 Å². The lowest BCUT2D eigenvalue weighted by Gasteiger charge is -2.10. The Morgan fingerprint density at radius 3 is 3.06 bits per heavy atom. The molecule has 1 atom stereocenters. The molecule has 2 heterocycles. The molecule has 0 spiro atoms. The number of hydrogen-bond acceptors (Lipinski definition) is 5. The number of amides is 1. The highest BCUT2D eigenvalue weighted by Crippen LogP contribution is 2.25. The van der Waals surface area contributed by atoms with E-state index in [1.165, 1.54) is 6.33 Å². The zero-order valence-electron chi connectivity index (χ0n) is 8.04. The normalized spacial score (nSPS) is 19.8. The molecule has 0 aromatic carbocycles. The molecule has 0 saturated carbocycles. The van der Waals surface area contributed by atoms with Crippen LogP contribution in [0.2, 0.25) is 10.2 Å². The highest BCUT2D eigenvalue weighted by Gasteiger charge is 2.23. The van der Waals surface area contributed by atoms with Gasteiger partial charge >= 0.3 is 0 Å². The molecule has 2 N–H and O–H groups in total. The molecule has 1 aliphatic heterocycles. The fraction of sp³-hybridized carbons (Fsp3) is 0.375. The van der Waals surface area contributed by atoms with E-state index in [0.29, 0.717) is 0 Å². The van der Waals surface area contributed by atoms with Crippen molar-refractivity contribution in [3.05, 3.63) is 16.5 Å². The standard InChI is InChI=1S/C8H8Cl2N4OS/c9-5-6(10)11-2-12-7(5)14-8(15)4-1-16-3-13-4/h2,4,13H,1,3H2,(H,11,12,14,15). The average Bonchev–Trinajstić information content (AvgIpc) is 2.78. The van der Waals surface area contributed by atoms with E-state index < -0.39 is 0 Å². The van der Waals surface area contributed by atoms with Gasteiger partial charge in [-0.25, -0.2) is 9.97 Å². The van der Waals surface area contributed by atoms with Crippen LogP contribution in [0, 0.1) is 0 Å². The van der Waals surface area contributed by atoms with Gasteiger partial charge in [0, 0.05) is 11.6 Å². The Bertz CT molecular complexity index is 411. The molecular formula is C8H8Cl2N4OS. The fourth-order valence-electron chi connectivity index (χ4n) is 1.20. The third-order valence-electron chi connectivity index (χ3n) is 2.02. The van der Waals surface area contributed by atoms with Gasteiger partial charge in [-0.1, -0.05) is 23.2 Å². The molecule has 0 radical (unpaired) electrons. The second-order valence-corrected chi connectivity index (χ2v) is 4.85. The smallest absolute Gasteiger partial charge is 0.243 e. The van der Waals surface area contributed by atoms with Crippen LogP contribution in [-0.4, -0.2) is 33.5 Å². The maximum atomic E-state index is 11.7. The van der Waals surface area contributed by atoms with Crippen LogP contribution in [0.25, 0.3) is 0 Å². The lowest BCUT2D eigenvalue weighted by Crippen LogP contribution is -2.37. The number of rotatable bonds is 2. The molecule has 1 saturated heterocycles. The van der Waals surface area contributed by atoms with Gasteiger partial charge in [-0.05, 0) is 0 Å². The number of nitrogens with zero attached hydrogens (tertiary/aromatic N) is 2. The number of carbonyl (C=O) groups is 1. The van der Waals surface area contributed by atoms with E-state index in [9.17, 15) is 4.79 Å². The van der Waals surface area contributed by atoms with Crippen molar-refractivity contribution in [3.8, 4) is 0 Å². The molecule has 1 aliphatic rings. The van der Waals surface area contributed by atoms with Crippen LogP contribution in [0.15, 0.2) is 6.33 Å². The van der Waals surface area contributed by atoms with Gasteiger partial charge in [0.25, 0.3) is 0 Å². The van der Waals surface area contributed by atoms with Crippen LogP contribution in [-0.2, 0) is 4.79 Å². The third kappa shape index (κ3) is 2.57.